The fraction of sp³-hybridized carbons (Fsp3) is 0.474. The van der Waals surface area contributed by atoms with E-state index in [2.05, 4.69) is 4.99 Å². The number of aliphatic imine (C=N–C) groups is 1. The van der Waals surface area contributed by atoms with Crippen LogP contribution in [-0.4, -0.2) is 62.7 Å². The monoisotopic (exact) mass is 402 g/mol. The summed E-state index contributed by atoms with van der Waals surface area (Å²) in [6, 6.07) is 6.32. The van der Waals surface area contributed by atoms with Gasteiger partial charge in [0.05, 0.1) is 13.7 Å². The Hall–Kier alpha value is -2.39. The predicted molar refractivity (Wildman–Crippen MR) is 105 cm³/mol. The van der Waals surface area contributed by atoms with E-state index in [0.717, 1.165) is 5.56 Å². The van der Waals surface area contributed by atoms with Gasteiger partial charge in [0.2, 0.25) is 11.8 Å². The number of rotatable bonds is 4. The van der Waals surface area contributed by atoms with Crippen molar-refractivity contribution in [2.75, 3.05) is 7.11 Å². The molecule has 9 heteroatoms. The third kappa shape index (κ3) is 2.89. The second-order valence-electron chi connectivity index (χ2n) is 7.65. The van der Waals surface area contributed by atoms with E-state index in [0.29, 0.717) is 11.6 Å². The molecule has 1 aromatic carbocycles. The molecule has 2 unspecified atom stereocenters. The number of fused-ring (bicyclic) bond motifs is 1. The number of thioether (sulfide) groups is 1. The van der Waals surface area contributed by atoms with Crippen LogP contribution < -0.4 is 10.5 Å². The van der Waals surface area contributed by atoms with Crippen LogP contribution in [0.2, 0.25) is 0 Å². The third-order valence-electron chi connectivity index (χ3n) is 5.35. The van der Waals surface area contributed by atoms with E-state index < -0.39 is 22.7 Å². The van der Waals surface area contributed by atoms with Crippen LogP contribution in [0.5, 0.6) is 5.75 Å². The number of amidine groups is 1. The highest BCUT2D eigenvalue weighted by molar-refractivity contribution is 8.01. The molecule has 4 rings (SSSR count). The quantitative estimate of drug-likeness (QED) is 0.588. The molecule has 3 amide bonds. The number of amides is 3. The summed E-state index contributed by atoms with van der Waals surface area (Å²) in [5.74, 6) is 0.0805. The Bertz CT molecular complexity index is 882. The molecule has 2 fully saturated rings. The Labute approximate surface area is 167 Å². The fourth-order valence-corrected chi connectivity index (χ4v) is 5.50. The zero-order chi connectivity index (χ0) is 20.2. The second-order valence-corrected chi connectivity index (χ2v) is 9.43. The lowest BCUT2D eigenvalue weighted by atomic mass is 9.93. The average molecular weight is 402 g/mol. The first-order valence-corrected chi connectivity index (χ1v) is 9.91. The molecule has 0 bridgehead atoms. The van der Waals surface area contributed by atoms with Crippen LogP contribution in [0.15, 0.2) is 29.3 Å². The van der Waals surface area contributed by atoms with E-state index in [1.165, 1.54) is 4.90 Å². The Morgan fingerprint density at radius 2 is 1.93 bits per heavy atom. The van der Waals surface area contributed by atoms with Crippen LogP contribution in [-0.2, 0) is 20.9 Å². The summed E-state index contributed by atoms with van der Waals surface area (Å²) < 4.78 is 4.74. The molecule has 0 spiro atoms. The molecule has 28 heavy (non-hydrogen) atoms. The lowest BCUT2D eigenvalue weighted by Crippen LogP contribution is -2.70. The van der Waals surface area contributed by atoms with Crippen LogP contribution in [0.1, 0.15) is 25.8 Å². The summed E-state index contributed by atoms with van der Waals surface area (Å²) in [4.78, 5) is 44.6. The molecule has 2 N–H and O–H groups in total. The highest BCUT2D eigenvalue weighted by atomic mass is 32.2. The molecule has 8 nitrogen and oxygen atoms in total. The third-order valence-corrected chi connectivity index (χ3v) is 6.94. The molecule has 2 saturated heterocycles. The predicted octanol–water partition coefficient (Wildman–Crippen LogP) is 0.742. The summed E-state index contributed by atoms with van der Waals surface area (Å²) in [6.07, 6.45) is -0.267. The van der Waals surface area contributed by atoms with E-state index in [-0.39, 0.29) is 30.2 Å². The molecule has 1 aromatic rings. The normalized spacial score (nSPS) is 28.8. The minimum atomic E-state index is -0.556. The van der Waals surface area contributed by atoms with Crippen molar-refractivity contribution in [3.8, 4) is 5.75 Å². The summed E-state index contributed by atoms with van der Waals surface area (Å²) in [7, 11) is 1.59. The SMILES string of the molecule is COc1ccc(CN2C(=O)CC(=O)N=C2C2N3C(=O)C(N)[C@H]3SC2(C)C)cc1. The number of hydrogen-bond donors (Lipinski definition) is 1. The van der Waals surface area contributed by atoms with Gasteiger partial charge in [-0.2, -0.15) is 4.99 Å². The molecular weight excluding hydrogens is 380 g/mol. The minimum Gasteiger partial charge on any atom is -0.497 e. The molecule has 3 aliphatic heterocycles. The van der Waals surface area contributed by atoms with Crippen LogP contribution >= 0.6 is 11.8 Å². The van der Waals surface area contributed by atoms with Crippen LogP contribution in [0.3, 0.4) is 0 Å². The van der Waals surface area contributed by atoms with Gasteiger partial charge in [-0.3, -0.25) is 19.3 Å². The van der Waals surface area contributed by atoms with E-state index in [4.69, 9.17) is 10.5 Å². The van der Waals surface area contributed by atoms with E-state index >= 15 is 0 Å². The Kier molecular flexibility index (Phi) is 4.46. The molecular formula is C19H22N4O4S. The molecule has 3 atom stereocenters. The molecule has 148 valence electrons. The average Bonchev–Trinajstić information content (AvgIpc) is 2.92. The largest absolute Gasteiger partial charge is 0.497 e. The summed E-state index contributed by atoms with van der Waals surface area (Å²) in [6.45, 7) is 4.24. The Morgan fingerprint density at radius 3 is 2.57 bits per heavy atom. The topological polar surface area (TPSA) is 105 Å². The number of ether oxygens (including phenoxy) is 1. The highest BCUT2D eigenvalue weighted by Crippen LogP contribution is 2.51. The zero-order valence-electron chi connectivity index (χ0n) is 15.9. The summed E-state index contributed by atoms with van der Waals surface area (Å²) in [5, 5.41) is -0.162. The van der Waals surface area contributed by atoms with Gasteiger partial charge in [-0.1, -0.05) is 12.1 Å². The number of hydrogen-bond acceptors (Lipinski definition) is 6. The van der Waals surface area contributed by atoms with Crippen molar-refractivity contribution in [3.63, 3.8) is 0 Å². The molecule has 0 aliphatic carbocycles. The molecule has 0 radical (unpaired) electrons. The van der Waals surface area contributed by atoms with E-state index in [1.807, 2.05) is 38.1 Å². The van der Waals surface area contributed by atoms with E-state index in [9.17, 15) is 14.4 Å². The minimum absolute atomic E-state index is 0.162. The number of methoxy groups -OCH3 is 1. The smallest absolute Gasteiger partial charge is 0.256 e. The Morgan fingerprint density at radius 1 is 1.25 bits per heavy atom. The van der Waals surface area contributed by atoms with Gasteiger partial charge in [0.15, 0.2) is 0 Å². The number of carbonyl (C=O) groups excluding carboxylic acids is 3. The van der Waals surface area contributed by atoms with E-state index in [1.54, 1.807) is 23.8 Å². The van der Waals surface area contributed by atoms with Crippen molar-refractivity contribution >= 4 is 35.3 Å². The molecule has 0 aromatic heterocycles. The second kappa shape index (κ2) is 6.59. The van der Waals surface area contributed by atoms with Gasteiger partial charge in [0, 0.05) is 4.75 Å². The standard InChI is InChI=1S/C19H22N4O4S/c1-19(2)15(23-17(26)14(20)18(23)28-19)16-21-12(24)8-13(25)22(16)9-10-4-6-11(27-3)7-5-10/h4-7,14-15,18H,8-9,20H2,1-3H3/t14?,15?,18-/m1/s1. The van der Waals surface area contributed by atoms with Gasteiger partial charge < -0.3 is 15.4 Å². The maximum atomic E-state index is 12.7. The van der Waals surface area contributed by atoms with Crippen LogP contribution in [0.4, 0.5) is 0 Å². The van der Waals surface area contributed by atoms with Crippen molar-refractivity contribution in [2.45, 2.75) is 49.0 Å². The maximum absolute atomic E-state index is 12.7. The van der Waals surface area contributed by atoms with Crippen LogP contribution in [0, 0.1) is 0 Å². The first-order valence-electron chi connectivity index (χ1n) is 9.03. The first kappa shape index (κ1) is 18.9. The van der Waals surface area contributed by atoms with Crippen molar-refractivity contribution in [3.05, 3.63) is 29.8 Å². The number of benzene rings is 1. The van der Waals surface area contributed by atoms with Crippen molar-refractivity contribution < 1.29 is 19.1 Å². The van der Waals surface area contributed by atoms with Gasteiger partial charge in [-0.15, -0.1) is 11.8 Å². The van der Waals surface area contributed by atoms with Crippen molar-refractivity contribution in [1.29, 1.82) is 0 Å². The summed E-state index contributed by atoms with van der Waals surface area (Å²) >= 11 is 1.58. The lowest BCUT2D eigenvalue weighted by molar-refractivity contribution is -0.146. The number of carbonyl (C=O) groups is 3. The highest BCUT2D eigenvalue weighted by Gasteiger charge is 2.62. The summed E-state index contributed by atoms with van der Waals surface area (Å²) in [5.41, 5.74) is 6.83. The number of nitrogens with zero attached hydrogens (tertiary/aromatic N) is 3. The molecule has 0 saturated carbocycles. The number of β-lactam (4-membered cyclic amide) rings is 1. The molecule has 3 heterocycles. The lowest BCUT2D eigenvalue weighted by Gasteiger charge is -2.45. The Balaban J connectivity index is 1.69. The number of nitrogens with two attached hydrogens (primary N) is 1. The fourth-order valence-electron chi connectivity index (χ4n) is 3.93. The van der Waals surface area contributed by atoms with Crippen LogP contribution in [0.25, 0.3) is 0 Å². The van der Waals surface area contributed by atoms with Crippen molar-refractivity contribution in [1.82, 2.24) is 9.80 Å². The van der Waals surface area contributed by atoms with Gasteiger partial charge in [-0.25, -0.2) is 0 Å². The van der Waals surface area contributed by atoms with Gasteiger partial charge in [0.1, 0.15) is 35.5 Å². The zero-order valence-corrected chi connectivity index (χ0v) is 16.7. The van der Waals surface area contributed by atoms with Crippen molar-refractivity contribution in [2.24, 2.45) is 10.7 Å². The van der Waals surface area contributed by atoms with Gasteiger partial charge in [-0.05, 0) is 31.5 Å². The first-order chi connectivity index (χ1) is 13.2. The maximum Gasteiger partial charge on any atom is 0.256 e. The van der Waals surface area contributed by atoms with Gasteiger partial charge >= 0.3 is 0 Å². The van der Waals surface area contributed by atoms with Gasteiger partial charge in [0.25, 0.3) is 5.91 Å². The molecule has 3 aliphatic rings.